The molecule has 0 heterocycles. The van der Waals surface area contributed by atoms with E-state index >= 15 is 0 Å². The third-order valence-electron chi connectivity index (χ3n) is 5.50. The van der Waals surface area contributed by atoms with Gasteiger partial charge in [-0.25, -0.2) is 0 Å². The number of phenols is 2. The zero-order valence-electron chi connectivity index (χ0n) is 17.7. The number of aliphatic hydroxyl groups is 1. The first kappa shape index (κ1) is 21.6. The number of phenolic OH excluding ortho intramolecular Hbond substituents is 2. The van der Waals surface area contributed by atoms with E-state index in [4.69, 9.17) is 0 Å². The summed E-state index contributed by atoms with van der Waals surface area (Å²) in [5.41, 5.74) is 6.16. The summed E-state index contributed by atoms with van der Waals surface area (Å²) in [7, 11) is 0. The summed E-state index contributed by atoms with van der Waals surface area (Å²) in [6, 6.07) is 7.80. The van der Waals surface area contributed by atoms with Gasteiger partial charge in [0.25, 0.3) is 0 Å². The zero-order valence-corrected chi connectivity index (χ0v) is 17.7. The van der Waals surface area contributed by atoms with Crippen molar-refractivity contribution in [2.24, 2.45) is 5.92 Å². The Balaban J connectivity index is 2.58. The van der Waals surface area contributed by atoms with Crippen LogP contribution in [0.2, 0.25) is 0 Å². The normalized spacial score (nSPS) is 13.5. The van der Waals surface area contributed by atoms with Crippen LogP contribution < -0.4 is 0 Å². The van der Waals surface area contributed by atoms with Crippen LogP contribution in [0.3, 0.4) is 0 Å². The van der Waals surface area contributed by atoms with Crippen LogP contribution in [0.5, 0.6) is 11.5 Å². The Kier molecular flexibility index (Phi) is 6.95. The van der Waals surface area contributed by atoms with Gasteiger partial charge < -0.3 is 15.3 Å². The molecule has 0 aromatic heterocycles. The molecule has 2 rings (SSSR count). The van der Waals surface area contributed by atoms with Crippen molar-refractivity contribution < 1.29 is 15.3 Å². The topological polar surface area (TPSA) is 60.7 Å². The monoisotopic (exact) mass is 380 g/mol. The number of rotatable bonds is 6. The third kappa shape index (κ3) is 4.78. The van der Waals surface area contributed by atoms with Gasteiger partial charge in [-0.3, -0.25) is 0 Å². The maximum absolute atomic E-state index is 10.1. The number of aryl methyl sites for hydroxylation is 4. The van der Waals surface area contributed by atoms with E-state index in [0.29, 0.717) is 11.5 Å². The summed E-state index contributed by atoms with van der Waals surface area (Å²) < 4.78 is 0. The first-order valence-corrected chi connectivity index (χ1v) is 9.77. The number of hydrogen-bond donors (Lipinski definition) is 3. The van der Waals surface area contributed by atoms with Crippen molar-refractivity contribution in [1.29, 1.82) is 0 Å². The largest absolute Gasteiger partial charge is 0.508 e. The predicted molar refractivity (Wildman–Crippen MR) is 116 cm³/mol. The van der Waals surface area contributed by atoms with Crippen LogP contribution in [0.4, 0.5) is 0 Å². The molecule has 3 heteroatoms. The lowest BCUT2D eigenvalue weighted by atomic mass is 9.76. The Morgan fingerprint density at radius 3 is 1.75 bits per heavy atom. The molecule has 0 saturated carbocycles. The van der Waals surface area contributed by atoms with Crippen molar-refractivity contribution in [2.75, 3.05) is 0 Å². The van der Waals surface area contributed by atoms with Crippen molar-refractivity contribution in [3.05, 3.63) is 81.6 Å². The van der Waals surface area contributed by atoms with Crippen molar-refractivity contribution in [1.82, 2.24) is 0 Å². The molecular formula is C25H32O3. The summed E-state index contributed by atoms with van der Waals surface area (Å²) in [5.74, 6) is 1.24. The van der Waals surface area contributed by atoms with Gasteiger partial charge >= 0.3 is 0 Å². The summed E-state index contributed by atoms with van der Waals surface area (Å²) >= 11 is 0. The summed E-state index contributed by atoms with van der Waals surface area (Å²) in [6.07, 6.45) is 6.19. The highest BCUT2D eigenvalue weighted by Crippen LogP contribution is 2.40. The first-order valence-electron chi connectivity index (χ1n) is 9.77. The molecule has 0 aliphatic heterocycles. The van der Waals surface area contributed by atoms with Gasteiger partial charge in [-0.05, 0) is 105 Å². The van der Waals surface area contributed by atoms with E-state index in [9.17, 15) is 15.3 Å². The molecule has 1 unspecified atom stereocenters. The highest BCUT2D eigenvalue weighted by Gasteiger charge is 2.25. The minimum atomic E-state index is 0.107. The molecule has 3 N–H and O–H groups in total. The minimum Gasteiger partial charge on any atom is -0.508 e. The van der Waals surface area contributed by atoms with Crippen LogP contribution in [0.1, 0.15) is 59.6 Å². The van der Waals surface area contributed by atoms with Crippen molar-refractivity contribution in [3.8, 4) is 11.5 Å². The second-order valence-electron chi connectivity index (χ2n) is 7.80. The molecule has 2 aromatic rings. The second-order valence-corrected chi connectivity index (χ2v) is 7.80. The lowest BCUT2D eigenvalue weighted by molar-refractivity contribution is 0.430. The van der Waals surface area contributed by atoms with E-state index in [0.717, 1.165) is 28.7 Å². The molecule has 1 atom stereocenters. The van der Waals surface area contributed by atoms with E-state index in [2.05, 4.69) is 19.1 Å². The first-order chi connectivity index (χ1) is 13.1. The van der Waals surface area contributed by atoms with Gasteiger partial charge in [0, 0.05) is 5.92 Å². The average Bonchev–Trinajstić information content (AvgIpc) is 2.63. The molecule has 0 saturated heterocycles. The Hall–Kier alpha value is -2.68. The van der Waals surface area contributed by atoms with Gasteiger partial charge in [0.2, 0.25) is 0 Å². The maximum Gasteiger partial charge on any atom is 0.118 e. The van der Waals surface area contributed by atoms with E-state index in [1.165, 1.54) is 11.1 Å². The molecule has 0 aliphatic rings. The molecule has 2 aromatic carbocycles. The molecule has 0 amide bonds. The Labute approximate surface area is 168 Å². The number of aliphatic hydroxyl groups excluding tert-OH is 1. The quantitative estimate of drug-likeness (QED) is 0.395. The third-order valence-corrected chi connectivity index (χ3v) is 5.50. The van der Waals surface area contributed by atoms with Gasteiger partial charge in [0.05, 0.1) is 0 Å². The number of aromatic hydroxyl groups is 2. The van der Waals surface area contributed by atoms with Crippen LogP contribution in [0, 0.1) is 33.6 Å². The summed E-state index contributed by atoms with van der Waals surface area (Å²) in [4.78, 5) is 0. The summed E-state index contributed by atoms with van der Waals surface area (Å²) in [5, 5.41) is 29.9. The van der Waals surface area contributed by atoms with Crippen molar-refractivity contribution in [2.45, 2.75) is 53.9 Å². The fourth-order valence-corrected chi connectivity index (χ4v) is 3.73. The standard InChI is InChI=1S/C25H32O3/c1-7-20(26)10-8-9-15(2)25(21-11-18(5)23(27)13-16(21)3)22-12-19(6)24(28)14-17(22)4/h7-8,10-15,25-28H,9H2,1-6H3/b10-8-,20-7+. The fourth-order valence-electron chi connectivity index (χ4n) is 3.73. The molecule has 0 bridgehead atoms. The van der Waals surface area contributed by atoms with Crippen LogP contribution in [-0.4, -0.2) is 15.3 Å². The second kappa shape index (κ2) is 9.01. The Bertz CT molecular complexity index is 849. The van der Waals surface area contributed by atoms with Crippen LogP contribution in [0.25, 0.3) is 0 Å². The summed E-state index contributed by atoms with van der Waals surface area (Å²) in [6.45, 7) is 11.9. The van der Waals surface area contributed by atoms with Gasteiger partial charge in [-0.2, -0.15) is 0 Å². The fraction of sp³-hybridized carbons (Fsp3) is 0.360. The van der Waals surface area contributed by atoms with E-state index < -0.39 is 0 Å². The van der Waals surface area contributed by atoms with Gasteiger partial charge in [-0.15, -0.1) is 0 Å². The molecule has 0 fully saturated rings. The van der Waals surface area contributed by atoms with Gasteiger partial charge in [0.1, 0.15) is 17.3 Å². The maximum atomic E-state index is 10.1. The number of benzene rings is 2. The van der Waals surface area contributed by atoms with E-state index in [1.54, 1.807) is 19.1 Å². The molecule has 150 valence electrons. The minimum absolute atomic E-state index is 0.107. The lowest BCUT2D eigenvalue weighted by Crippen LogP contribution is -2.14. The van der Waals surface area contributed by atoms with Crippen LogP contribution in [0.15, 0.2) is 48.3 Å². The van der Waals surface area contributed by atoms with Crippen LogP contribution >= 0.6 is 0 Å². The predicted octanol–water partition coefficient (Wildman–Crippen LogP) is 6.51. The zero-order chi connectivity index (χ0) is 21.0. The Morgan fingerprint density at radius 1 is 0.857 bits per heavy atom. The molecule has 0 radical (unpaired) electrons. The van der Waals surface area contributed by atoms with Gasteiger partial charge in [-0.1, -0.05) is 25.1 Å². The molecule has 28 heavy (non-hydrogen) atoms. The van der Waals surface area contributed by atoms with Gasteiger partial charge in [0.15, 0.2) is 0 Å². The Morgan fingerprint density at radius 2 is 1.32 bits per heavy atom. The molecular weight excluding hydrogens is 348 g/mol. The van der Waals surface area contributed by atoms with Crippen molar-refractivity contribution in [3.63, 3.8) is 0 Å². The molecule has 3 nitrogen and oxygen atoms in total. The SMILES string of the molecule is C/C=C(O)\C=C/CC(C)C(c1cc(C)c(O)cc1C)c1cc(C)c(O)cc1C. The highest BCUT2D eigenvalue weighted by atomic mass is 16.3. The average molecular weight is 381 g/mol. The van der Waals surface area contributed by atoms with Crippen molar-refractivity contribution >= 4 is 0 Å². The molecule has 0 spiro atoms. The van der Waals surface area contributed by atoms with E-state index in [1.807, 2.05) is 45.9 Å². The highest BCUT2D eigenvalue weighted by molar-refractivity contribution is 5.50. The van der Waals surface area contributed by atoms with E-state index in [-0.39, 0.29) is 17.6 Å². The lowest BCUT2D eigenvalue weighted by Gasteiger charge is -2.28. The van der Waals surface area contributed by atoms with Crippen LogP contribution in [-0.2, 0) is 0 Å². The molecule has 0 aliphatic carbocycles. The smallest absolute Gasteiger partial charge is 0.118 e. The number of allylic oxidation sites excluding steroid dienone is 3. The number of hydrogen-bond acceptors (Lipinski definition) is 3.